The van der Waals surface area contributed by atoms with E-state index < -0.39 is 12.1 Å². The quantitative estimate of drug-likeness (QED) is 0.260. The molecule has 0 bridgehead atoms. The van der Waals surface area contributed by atoms with E-state index in [2.05, 4.69) is 34.4 Å². The van der Waals surface area contributed by atoms with Gasteiger partial charge in [0.25, 0.3) is 5.91 Å². The normalized spacial score (nSPS) is 12.9. The van der Waals surface area contributed by atoms with E-state index in [1.807, 2.05) is 73.7 Å². The highest BCUT2D eigenvalue weighted by molar-refractivity contribution is 5.99. The van der Waals surface area contributed by atoms with Crippen molar-refractivity contribution < 1.29 is 14.6 Å². The lowest BCUT2D eigenvalue weighted by molar-refractivity contribution is 0.0830. The van der Waals surface area contributed by atoms with Crippen molar-refractivity contribution in [1.82, 2.24) is 15.2 Å². The number of aliphatic hydroxyl groups is 1. The van der Waals surface area contributed by atoms with Gasteiger partial charge in [-0.05, 0) is 66.8 Å². The highest BCUT2D eigenvalue weighted by Gasteiger charge is 2.23. The molecule has 0 fully saturated rings. The van der Waals surface area contributed by atoms with Crippen molar-refractivity contribution in [1.29, 1.82) is 0 Å². The van der Waals surface area contributed by atoms with E-state index in [0.717, 1.165) is 46.3 Å². The van der Waals surface area contributed by atoms with Gasteiger partial charge in [0.2, 0.25) is 0 Å². The van der Waals surface area contributed by atoms with Crippen LogP contribution >= 0.6 is 0 Å². The lowest BCUT2D eigenvalue weighted by Crippen LogP contribution is -2.48. The minimum absolute atomic E-state index is 0.179. The summed E-state index contributed by atoms with van der Waals surface area (Å²) in [6.45, 7) is 6.01. The van der Waals surface area contributed by atoms with Crippen LogP contribution in [0.15, 0.2) is 79.0 Å². The Morgan fingerprint density at radius 2 is 1.81 bits per heavy atom. The van der Waals surface area contributed by atoms with Gasteiger partial charge in [0, 0.05) is 42.3 Å². The molecule has 0 saturated carbocycles. The Hall–Kier alpha value is -3.61. The third-order valence-electron chi connectivity index (χ3n) is 6.72. The predicted octanol–water partition coefficient (Wildman–Crippen LogP) is 4.86. The molecule has 0 radical (unpaired) electrons. The number of methoxy groups -OCH3 is 1. The van der Waals surface area contributed by atoms with Crippen LogP contribution in [0.2, 0.25) is 0 Å². The third kappa shape index (κ3) is 6.79. The van der Waals surface area contributed by atoms with E-state index in [1.54, 1.807) is 7.11 Å². The average molecular weight is 500 g/mol. The van der Waals surface area contributed by atoms with Crippen LogP contribution in [0.4, 0.5) is 0 Å². The van der Waals surface area contributed by atoms with Crippen LogP contribution in [0.25, 0.3) is 10.9 Å². The molecule has 0 unspecified atom stereocenters. The number of rotatable bonds is 12. The van der Waals surface area contributed by atoms with Gasteiger partial charge >= 0.3 is 0 Å². The molecule has 1 heterocycles. The first-order chi connectivity index (χ1) is 18.0. The molecule has 0 spiro atoms. The van der Waals surface area contributed by atoms with Gasteiger partial charge in [-0.3, -0.25) is 4.79 Å². The maximum absolute atomic E-state index is 13.4. The second-order valence-corrected chi connectivity index (χ2v) is 9.55. The largest absolute Gasteiger partial charge is 0.497 e. The SMILES string of the molecule is CCCn1ccc2c(C)cc(C(=O)N[C@@H](Cc3ccccc3)[C@H](O)CNCc3cccc(OC)c3)cc21. The van der Waals surface area contributed by atoms with Crippen LogP contribution in [0, 0.1) is 6.92 Å². The molecule has 0 saturated heterocycles. The van der Waals surface area contributed by atoms with Gasteiger partial charge in [0.15, 0.2) is 0 Å². The summed E-state index contributed by atoms with van der Waals surface area (Å²) in [5.41, 5.74) is 4.86. The number of aryl methyl sites for hydroxylation is 2. The molecule has 6 heteroatoms. The molecule has 37 heavy (non-hydrogen) atoms. The van der Waals surface area contributed by atoms with Crippen LogP contribution in [-0.2, 0) is 19.5 Å². The molecule has 1 aromatic heterocycles. The summed E-state index contributed by atoms with van der Waals surface area (Å²) >= 11 is 0. The monoisotopic (exact) mass is 499 g/mol. The predicted molar refractivity (Wildman–Crippen MR) is 149 cm³/mol. The summed E-state index contributed by atoms with van der Waals surface area (Å²) in [5.74, 6) is 0.619. The number of aliphatic hydroxyl groups excluding tert-OH is 1. The van der Waals surface area contributed by atoms with Crippen molar-refractivity contribution in [2.24, 2.45) is 0 Å². The van der Waals surface area contributed by atoms with Gasteiger partial charge in [0.1, 0.15) is 5.75 Å². The number of hydrogen-bond acceptors (Lipinski definition) is 4. The van der Waals surface area contributed by atoms with Crippen LogP contribution in [0.1, 0.15) is 40.4 Å². The molecule has 0 aliphatic rings. The van der Waals surface area contributed by atoms with Crippen molar-refractivity contribution in [2.75, 3.05) is 13.7 Å². The topological polar surface area (TPSA) is 75.5 Å². The lowest BCUT2D eigenvalue weighted by atomic mass is 9.99. The van der Waals surface area contributed by atoms with Crippen molar-refractivity contribution in [3.05, 3.63) is 101 Å². The first-order valence-corrected chi connectivity index (χ1v) is 12.9. The first-order valence-electron chi connectivity index (χ1n) is 12.9. The fourth-order valence-electron chi connectivity index (χ4n) is 4.74. The van der Waals surface area contributed by atoms with E-state index in [-0.39, 0.29) is 5.91 Å². The molecule has 1 amide bonds. The molecule has 0 aliphatic carbocycles. The number of carbonyl (C=O) groups is 1. The summed E-state index contributed by atoms with van der Waals surface area (Å²) in [4.78, 5) is 13.4. The van der Waals surface area contributed by atoms with Gasteiger partial charge in [0.05, 0.1) is 19.3 Å². The van der Waals surface area contributed by atoms with Gasteiger partial charge in [-0.1, -0.05) is 49.4 Å². The Morgan fingerprint density at radius 1 is 1.03 bits per heavy atom. The Labute approximate surface area is 219 Å². The first kappa shape index (κ1) is 26.5. The zero-order chi connectivity index (χ0) is 26.2. The van der Waals surface area contributed by atoms with Gasteiger partial charge in [-0.2, -0.15) is 0 Å². The number of ether oxygens (including phenoxy) is 1. The highest BCUT2D eigenvalue weighted by atomic mass is 16.5. The number of nitrogens with zero attached hydrogens (tertiary/aromatic N) is 1. The molecular weight excluding hydrogens is 462 g/mol. The summed E-state index contributed by atoms with van der Waals surface area (Å²) in [5, 5.41) is 18.8. The molecule has 3 aromatic carbocycles. The molecular formula is C31H37N3O3. The van der Waals surface area contributed by atoms with E-state index >= 15 is 0 Å². The van der Waals surface area contributed by atoms with Crippen molar-refractivity contribution in [3.63, 3.8) is 0 Å². The molecule has 4 rings (SSSR count). The average Bonchev–Trinajstić information content (AvgIpc) is 3.32. The fourth-order valence-corrected chi connectivity index (χ4v) is 4.74. The van der Waals surface area contributed by atoms with Crippen LogP contribution in [0.3, 0.4) is 0 Å². The Balaban J connectivity index is 1.49. The molecule has 194 valence electrons. The number of nitrogens with one attached hydrogen (secondary N) is 2. The lowest BCUT2D eigenvalue weighted by Gasteiger charge is -2.25. The van der Waals surface area contributed by atoms with Gasteiger partial charge in [-0.15, -0.1) is 0 Å². The van der Waals surface area contributed by atoms with E-state index in [0.29, 0.717) is 25.1 Å². The molecule has 3 N–H and O–H groups in total. The second-order valence-electron chi connectivity index (χ2n) is 9.55. The number of fused-ring (bicyclic) bond motifs is 1. The minimum Gasteiger partial charge on any atom is -0.497 e. The summed E-state index contributed by atoms with van der Waals surface area (Å²) in [6.07, 6.45) is 2.86. The molecule has 6 nitrogen and oxygen atoms in total. The molecule has 4 aromatic rings. The second kappa shape index (κ2) is 12.6. The highest BCUT2D eigenvalue weighted by Crippen LogP contribution is 2.23. The standard InChI is InChI=1S/C31H37N3O3/c1-4-14-34-15-13-27-22(2)16-25(19-29(27)34)31(36)33-28(18-23-9-6-5-7-10-23)30(35)21-32-20-24-11-8-12-26(17-24)37-3/h5-13,15-17,19,28,30,32,35H,4,14,18,20-21H2,1-3H3,(H,33,36)/t28-,30+/m0/s1. The van der Waals surface area contributed by atoms with Crippen LogP contribution in [0.5, 0.6) is 5.75 Å². The number of carbonyl (C=O) groups excluding carboxylic acids is 1. The minimum atomic E-state index is -0.774. The number of aromatic nitrogens is 1. The van der Waals surface area contributed by atoms with Crippen molar-refractivity contribution >= 4 is 16.8 Å². The van der Waals surface area contributed by atoms with Crippen molar-refractivity contribution in [3.8, 4) is 5.75 Å². The maximum atomic E-state index is 13.4. The third-order valence-corrected chi connectivity index (χ3v) is 6.72. The van der Waals surface area contributed by atoms with Crippen LogP contribution < -0.4 is 15.4 Å². The fraction of sp³-hybridized carbons (Fsp3) is 0.323. The van der Waals surface area contributed by atoms with Gasteiger partial charge in [-0.25, -0.2) is 0 Å². The summed E-state index contributed by atoms with van der Waals surface area (Å²) < 4.78 is 7.49. The van der Waals surface area contributed by atoms with Gasteiger partial charge < -0.3 is 25.0 Å². The summed E-state index contributed by atoms with van der Waals surface area (Å²) in [6, 6.07) is 23.3. The van der Waals surface area contributed by atoms with E-state index in [4.69, 9.17) is 4.74 Å². The molecule has 2 atom stereocenters. The number of hydrogen-bond donors (Lipinski definition) is 3. The van der Waals surface area contributed by atoms with Crippen molar-refractivity contribution in [2.45, 2.75) is 51.9 Å². The zero-order valence-corrected chi connectivity index (χ0v) is 21.9. The maximum Gasteiger partial charge on any atom is 0.251 e. The Kier molecular flexibility index (Phi) is 8.99. The van der Waals surface area contributed by atoms with Crippen LogP contribution in [-0.4, -0.2) is 41.4 Å². The zero-order valence-electron chi connectivity index (χ0n) is 21.9. The Bertz CT molecular complexity index is 1320. The molecule has 0 aliphatic heterocycles. The number of benzene rings is 3. The van der Waals surface area contributed by atoms with E-state index in [1.165, 1.54) is 0 Å². The number of amides is 1. The smallest absolute Gasteiger partial charge is 0.251 e. The van der Waals surface area contributed by atoms with E-state index in [9.17, 15) is 9.90 Å². The Morgan fingerprint density at radius 3 is 2.57 bits per heavy atom. The summed E-state index contributed by atoms with van der Waals surface area (Å²) in [7, 11) is 1.65.